The summed E-state index contributed by atoms with van der Waals surface area (Å²) in [7, 11) is -3.96. The molecule has 0 atom stereocenters. The minimum absolute atomic E-state index is 0.0259. The number of nitrogens with one attached hydrogen (secondary N) is 2. The highest BCUT2D eigenvalue weighted by molar-refractivity contribution is 7.93. The highest BCUT2D eigenvalue weighted by Gasteiger charge is 2.21. The van der Waals surface area contributed by atoms with Gasteiger partial charge in [0.05, 0.1) is 21.4 Å². The van der Waals surface area contributed by atoms with Gasteiger partial charge in [-0.25, -0.2) is 17.8 Å². The third kappa shape index (κ3) is 2.52. The van der Waals surface area contributed by atoms with Crippen LogP contribution in [-0.4, -0.2) is 18.4 Å². The van der Waals surface area contributed by atoms with Gasteiger partial charge in [-0.1, -0.05) is 11.6 Å². The second-order valence-electron chi connectivity index (χ2n) is 5.10. The Bertz CT molecular complexity index is 1180. The van der Waals surface area contributed by atoms with Gasteiger partial charge in [0.15, 0.2) is 0 Å². The Morgan fingerprint density at radius 1 is 1.25 bits per heavy atom. The van der Waals surface area contributed by atoms with Crippen molar-refractivity contribution in [1.29, 1.82) is 0 Å². The fourth-order valence-electron chi connectivity index (χ4n) is 2.45. The van der Waals surface area contributed by atoms with Crippen molar-refractivity contribution >= 4 is 59.8 Å². The average Bonchev–Trinajstić information content (AvgIpc) is 3.13. The van der Waals surface area contributed by atoms with E-state index in [0.717, 1.165) is 0 Å². The lowest BCUT2D eigenvalue weighted by molar-refractivity contribution is 0.599. The Hall–Kier alpha value is -2.16. The first-order valence-corrected chi connectivity index (χ1v) is 9.50. The quantitative estimate of drug-likeness (QED) is 0.553. The third-order valence-corrected chi connectivity index (χ3v) is 5.99. The van der Waals surface area contributed by atoms with E-state index in [4.69, 9.17) is 11.6 Å². The number of benzene rings is 2. The number of thiazole rings is 1. The molecular weight excluding hydrogens is 373 g/mol. The van der Waals surface area contributed by atoms with Crippen LogP contribution in [0.15, 0.2) is 46.9 Å². The topological polar surface area (TPSA) is 74.8 Å². The van der Waals surface area contributed by atoms with Crippen molar-refractivity contribution in [2.45, 2.75) is 4.90 Å². The van der Waals surface area contributed by atoms with Gasteiger partial charge in [-0.3, -0.25) is 4.72 Å². The molecule has 24 heavy (non-hydrogen) atoms. The summed E-state index contributed by atoms with van der Waals surface area (Å²) in [4.78, 5) is 6.88. The van der Waals surface area contributed by atoms with Gasteiger partial charge in [0, 0.05) is 28.2 Å². The summed E-state index contributed by atoms with van der Waals surface area (Å²) < 4.78 is 42.4. The standard InChI is InChI=1S/C15H9ClFN3O2S2/c16-8-1-2-9-11(3-8)18-6-15(9)24(21,22)20-12-5-14-13(4-10(12)17)19-7-23-14/h1-7,18,20H. The smallest absolute Gasteiger partial charge is 0.264 e. The summed E-state index contributed by atoms with van der Waals surface area (Å²) in [5, 5.41) is 0.967. The number of H-pyrrole nitrogens is 1. The zero-order valence-electron chi connectivity index (χ0n) is 11.9. The Morgan fingerprint density at radius 3 is 2.92 bits per heavy atom. The number of halogens is 2. The molecule has 2 aromatic heterocycles. The first-order valence-electron chi connectivity index (χ1n) is 6.76. The van der Waals surface area contributed by atoms with Crippen molar-refractivity contribution in [3.05, 3.63) is 52.9 Å². The molecular formula is C15H9ClFN3O2S2. The lowest BCUT2D eigenvalue weighted by Crippen LogP contribution is -2.13. The van der Waals surface area contributed by atoms with Crippen LogP contribution in [0.3, 0.4) is 0 Å². The van der Waals surface area contributed by atoms with E-state index in [1.54, 1.807) is 23.7 Å². The Labute approximate surface area is 145 Å². The summed E-state index contributed by atoms with van der Waals surface area (Å²) in [5.41, 5.74) is 2.53. The molecule has 0 radical (unpaired) electrons. The average molecular weight is 382 g/mol. The summed E-state index contributed by atoms with van der Waals surface area (Å²) in [6, 6.07) is 7.47. The van der Waals surface area contributed by atoms with Gasteiger partial charge >= 0.3 is 0 Å². The van der Waals surface area contributed by atoms with Crippen LogP contribution in [0.1, 0.15) is 0 Å². The molecule has 0 aliphatic rings. The molecule has 4 aromatic rings. The lowest BCUT2D eigenvalue weighted by Gasteiger charge is -2.08. The maximum absolute atomic E-state index is 14.1. The van der Waals surface area contributed by atoms with Gasteiger partial charge in [0.2, 0.25) is 0 Å². The normalized spacial score (nSPS) is 12.1. The molecule has 2 aromatic carbocycles. The third-order valence-electron chi connectivity index (χ3n) is 3.56. The number of anilines is 1. The molecule has 0 spiro atoms. The van der Waals surface area contributed by atoms with Gasteiger partial charge in [-0.2, -0.15) is 0 Å². The van der Waals surface area contributed by atoms with Gasteiger partial charge in [-0.05, 0) is 24.3 Å². The van der Waals surface area contributed by atoms with Crippen LogP contribution in [0.25, 0.3) is 21.1 Å². The fraction of sp³-hybridized carbons (Fsp3) is 0. The van der Waals surface area contributed by atoms with Gasteiger partial charge < -0.3 is 4.98 Å². The van der Waals surface area contributed by atoms with Crippen LogP contribution >= 0.6 is 22.9 Å². The van der Waals surface area contributed by atoms with E-state index in [9.17, 15) is 12.8 Å². The van der Waals surface area contributed by atoms with Crippen LogP contribution in [0.4, 0.5) is 10.1 Å². The summed E-state index contributed by atoms with van der Waals surface area (Å²) in [5.74, 6) is -0.681. The van der Waals surface area contributed by atoms with Crippen LogP contribution in [-0.2, 0) is 10.0 Å². The minimum atomic E-state index is -3.96. The predicted octanol–water partition coefficient (Wildman–Crippen LogP) is 4.37. The fourth-order valence-corrected chi connectivity index (χ4v) is 4.56. The number of aromatic amines is 1. The van der Waals surface area contributed by atoms with E-state index in [1.807, 2.05) is 0 Å². The Kier molecular flexibility index (Phi) is 3.48. The molecule has 122 valence electrons. The Morgan fingerprint density at radius 2 is 2.08 bits per heavy atom. The zero-order valence-corrected chi connectivity index (χ0v) is 14.3. The molecule has 0 unspecified atom stereocenters. The van der Waals surface area contributed by atoms with E-state index in [1.165, 1.54) is 29.7 Å². The number of hydrogen-bond donors (Lipinski definition) is 2. The summed E-state index contributed by atoms with van der Waals surface area (Å²) in [6.07, 6.45) is 1.35. The van der Waals surface area contributed by atoms with Crippen molar-refractivity contribution in [3.63, 3.8) is 0 Å². The van der Waals surface area contributed by atoms with Crippen LogP contribution in [0, 0.1) is 5.82 Å². The van der Waals surface area contributed by atoms with Crippen molar-refractivity contribution in [1.82, 2.24) is 9.97 Å². The largest absolute Gasteiger partial charge is 0.360 e. The number of fused-ring (bicyclic) bond motifs is 2. The van der Waals surface area contributed by atoms with Crippen molar-refractivity contribution in [2.24, 2.45) is 0 Å². The van der Waals surface area contributed by atoms with Crippen molar-refractivity contribution in [2.75, 3.05) is 4.72 Å². The number of aromatic nitrogens is 2. The van der Waals surface area contributed by atoms with Crippen molar-refractivity contribution in [3.8, 4) is 0 Å². The molecule has 5 nitrogen and oxygen atoms in total. The van der Waals surface area contributed by atoms with Gasteiger partial charge in [-0.15, -0.1) is 11.3 Å². The first kappa shape index (κ1) is 15.4. The Balaban J connectivity index is 1.80. The molecule has 2 heterocycles. The molecule has 2 N–H and O–H groups in total. The molecule has 0 amide bonds. The SMILES string of the molecule is O=S(=O)(Nc1cc2scnc2cc1F)c1c[nH]c2cc(Cl)ccc12. The number of nitrogens with zero attached hydrogens (tertiary/aromatic N) is 1. The predicted molar refractivity (Wildman–Crippen MR) is 93.7 cm³/mol. The molecule has 0 fully saturated rings. The lowest BCUT2D eigenvalue weighted by atomic mass is 10.2. The summed E-state index contributed by atoms with van der Waals surface area (Å²) >= 11 is 7.20. The van der Waals surface area contributed by atoms with Crippen LogP contribution in [0.5, 0.6) is 0 Å². The van der Waals surface area contributed by atoms with Gasteiger partial charge in [0.1, 0.15) is 10.7 Å². The number of sulfonamides is 1. The maximum Gasteiger partial charge on any atom is 0.264 e. The molecule has 0 aliphatic heterocycles. The second-order valence-corrected chi connectivity index (χ2v) is 8.07. The zero-order chi connectivity index (χ0) is 16.9. The van der Waals surface area contributed by atoms with Crippen LogP contribution in [0.2, 0.25) is 5.02 Å². The van der Waals surface area contributed by atoms with Crippen LogP contribution < -0.4 is 4.72 Å². The van der Waals surface area contributed by atoms with E-state index < -0.39 is 15.8 Å². The van der Waals surface area contributed by atoms with Crippen molar-refractivity contribution < 1.29 is 12.8 Å². The minimum Gasteiger partial charge on any atom is -0.360 e. The summed E-state index contributed by atoms with van der Waals surface area (Å²) in [6.45, 7) is 0. The number of rotatable bonds is 3. The molecule has 0 bridgehead atoms. The highest BCUT2D eigenvalue weighted by Crippen LogP contribution is 2.30. The maximum atomic E-state index is 14.1. The molecule has 0 aliphatic carbocycles. The highest BCUT2D eigenvalue weighted by atomic mass is 35.5. The van der Waals surface area contributed by atoms with Gasteiger partial charge in [0.25, 0.3) is 10.0 Å². The molecule has 4 rings (SSSR count). The van der Waals surface area contributed by atoms with E-state index in [2.05, 4.69) is 14.7 Å². The molecule has 0 saturated heterocycles. The van der Waals surface area contributed by atoms with E-state index in [-0.39, 0.29) is 10.6 Å². The molecule has 9 heteroatoms. The first-order chi connectivity index (χ1) is 11.4. The number of hydrogen-bond acceptors (Lipinski definition) is 4. The van der Waals surface area contributed by atoms with E-state index in [0.29, 0.717) is 26.1 Å². The monoisotopic (exact) mass is 381 g/mol. The van der Waals surface area contributed by atoms with E-state index >= 15 is 0 Å². The second kappa shape index (κ2) is 5.44. The molecule has 0 saturated carbocycles.